The molecule has 8 nitrogen and oxygen atoms in total. The number of hydrogen-bond acceptors (Lipinski definition) is 6. The third kappa shape index (κ3) is 3.42. The number of benzene rings is 2. The predicted molar refractivity (Wildman–Crippen MR) is 113 cm³/mol. The molecule has 0 saturated carbocycles. The van der Waals surface area contributed by atoms with E-state index in [0.29, 0.717) is 23.3 Å². The number of furan rings is 1. The van der Waals surface area contributed by atoms with Crippen molar-refractivity contribution in [1.82, 2.24) is 9.58 Å². The number of para-hydroxylation sites is 2. The van der Waals surface area contributed by atoms with Crippen LogP contribution >= 0.6 is 0 Å². The van der Waals surface area contributed by atoms with Crippen molar-refractivity contribution in [2.75, 3.05) is 7.11 Å². The van der Waals surface area contributed by atoms with Crippen molar-refractivity contribution in [3.05, 3.63) is 88.8 Å². The van der Waals surface area contributed by atoms with Gasteiger partial charge >= 0.3 is 5.76 Å². The number of aromatic nitrogens is 1. The van der Waals surface area contributed by atoms with Gasteiger partial charge in [-0.25, -0.2) is 9.80 Å². The van der Waals surface area contributed by atoms with Crippen molar-refractivity contribution >= 4 is 22.7 Å². The molecule has 31 heavy (non-hydrogen) atoms. The maximum Gasteiger partial charge on any atom is 0.420 e. The van der Waals surface area contributed by atoms with Gasteiger partial charge in [-0.05, 0) is 54.1 Å². The largest absolute Gasteiger partial charge is 0.497 e. The molecule has 0 saturated heterocycles. The van der Waals surface area contributed by atoms with Gasteiger partial charge in [0.15, 0.2) is 5.58 Å². The molecule has 1 atom stereocenters. The number of nitrogens with zero attached hydrogens (tertiary/aromatic N) is 3. The van der Waals surface area contributed by atoms with Crippen LogP contribution in [0.25, 0.3) is 11.1 Å². The van der Waals surface area contributed by atoms with Crippen LogP contribution in [0, 0.1) is 0 Å². The summed E-state index contributed by atoms with van der Waals surface area (Å²) < 4.78 is 17.4. The minimum absolute atomic E-state index is 0.188. The average molecular weight is 417 g/mol. The summed E-state index contributed by atoms with van der Waals surface area (Å²) >= 11 is 0. The Morgan fingerprint density at radius 1 is 1.13 bits per heavy atom. The fourth-order valence-corrected chi connectivity index (χ4v) is 3.77. The fraction of sp³-hybridized carbons (Fsp3) is 0.174. The highest BCUT2D eigenvalue weighted by molar-refractivity contribution is 6.03. The maximum atomic E-state index is 13.2. The minimum atomic E-state index is -0.581. The van der Waals surface area contributed by atoms with Gasteiger partial charge in [0.25, 0.3) is 5.91 Å². The van der Waals surface area contributed by atoms with Crippen LogP contribution in [0.1, 0.15) is 23.8 Å². The van der Waals surface area contributed by atoms with E-state index in [4.69, 9.17) is 13.6 Å². The van der Waals surface area contributed by atoms with Gasteiger partial charge in [0, 0.05) is 6.42 Å². The highest BCUT2D eigenvalue weighted by Crippen LogP contribution is 2.33. The molecule has 0 bridgehead atoms. The van der Waals surface area contributed by atoms with E-state index in [1.807, 2.05) is 30.3 Å². The zero-order valence-electron chi connectivity index (χ0n) is 16.7. The summed E-state index contributed by atoms with van der Waals surface area (Å²) in [7, 11) is 1.61. The number of oxazole rings is 1. The SMILES string of the molecule is COc1ccc(C2=NN(C(=O)Cn3c(=O)oc4ccccc43)[C@@H](c3ccco3)C2)cc1. The van der Waals surface area contributed by atoms with Crippen molar-refractivity contribution < 1.29 is 18.4 Å². The topological polar surface area (TPSA) is 90.2 Å². The van der Waals surface area contributed by atoms with Gasteiger partial charge in [0.05, 0.1) is 24.6 Å². The molecule has 1 aliphatic heterocycles. The molecule has 3 heterocycles. The second-order valence-electron chi connectivity index (χ2n) is 7.17. The second kappa shape index (κ2) is 7.64. The first kappa shape index (κ1) is 18.9. The molecule has 1 amide bonds. The van der Waals surface area contributed by atoms with Gasteiger partial charge in [-0.15, -0.1) is 0 Å². The summed E-state index contributed by atoms with van der Waals surface area (Å²) in [5.74, 6) is 0.454. The Bertz CT molecular complexity index is 1320. The number of fused-ring (bicyclic) bond motifs is 1. The monoisotopic (exact) mass is 417 g/mol. The molecule has 1 aliphatic rings. The summed E-state index contributed by atoms with van der Waals surface area (Å²) in [5, 5.41) is 5.99. The maximum absolute atomic E-state index is 13.2. The van der Waals surface area contributed by atoms with E-state index < -0.39 is 11.8 Å². The van der Waals surface area contributed by atoms with Crippen LogP contribution in [0.3, 0.4) is 0 Å². The lowest BCUT2D eigenvalue weighted by Crippen LogP contribution is -2.32. The summed E-state index contributed by atoms with van der Waals surface area (Å²) in [6, 6.07) is 17.7. The van der Waals surface area contributed by atoms with Crippen molar-refractivity contribution in [3.63, 3.8) is 0 Å². The van der Waals surface area contributed by atoms with Crippen molar-refractivity contribution in [2.45, 2.75) is 19.0 Å². The Labute approximate surface area is 176 Å². The zero-order chi connectivity index (χ0) is 21.4. The first-order valence-corrected chi connectivity index (χ1v) is 9.80. The Morgan fingerprint density at radius 2 is 1.94 bits per heavy atom. The zero-order valence-corrected chi connectivity index (χ0v) is 16.7. The molecule has 2 aromatic carbocycles. The smallest absolute Gasteiger partial charge is 0.420 e. The molecule has 0 unspecified atom stereocenters. The lowest BCUT2D eigenvalue weighted by Gasteiger charge is -2.19. The van der Waals surface area contributed by atoms with E-state index in [0.717, 1.165) is 17.0 Å². The van der Waals surface area contributed by atoms with Crippen molar-refractivity contribution in [2.24, 2.45) is 5.10 Å². The van der Waals surface area contributed by atoms with Crippen LogP contribution in [0.15, 0.2) is 85.7 Å². The number of carbonyl (C=O) groups is 1. The molecule has 156 valence electrons. The van der Waals surface area contributed by atoms with Gasteiger partial charge in [0.2, 0.25) is 0 Å². The van der Waals surface area contributed by atoms with Gasteiger partial charge in [-0.1, -0.05) is 12.1 Å². The Kier molecular flexibility index (Phi) is 4.66. The molecule has 2 aromatic heterocycles. The van der Waals surface area contributed by atoms with Gasteiger partial charge in [0.1, 0.15) is 24.1 Å². The average Bonchev–Trinajstić information content (AvgIpc) is 3.53. The van der Waals surface area contributed by atoms with Crippen LogP contribution in [0.2, 0.25) is 0 Å². The summed E-state index contributed by atoms with van der Waals surface area (Å²) in [5.41, 5.74) is 2.64. The highest BCUT2D eigenvalue weighted by Gasteiger charge is 2.35. The quantitative estimate of drug-likeness (QED) is 0.495. The normalized spacial score (nSPS) is 16.0. The third-order valence-corrected chi connectivity index (χ3v) is 5.33. The van der Waals surface area contributed by atoms with E-state index >= 15 is 0 Å². The first-order valence-electron chi connectivity index (χ1n) is 9.80. The summed E-state index contributed by atoms with van der Waals surface area (Å²) in [6.07, 6.45) is 2.06. The van der Waals surface area contributed by atoms with E-state index in [2.05, 4.69) is 5.10 Å². The van der Waals surface area contributed by atoms with Gasteiger partial charge in [-0.2, -0.15) is 5.10 Å². The second-order valence-corrected chi connectivity index (χ2v) is 7.17. The molecule has 0 aliphatic carbocycles. The Morgan fingerprint density at radius 3 is 2.68 bits per heavy atom. The van der Waals surface area contributed by atoms with E-state index in [9.17, 15) is 9.59 Å². The summed E-state index contributed by atoms with van der Waals surface area (Å²) in [6.45, 7) is -0.188. The summed E-state index contributed by atoms with van der Waals surface area (Å²) in [4.78, 5) is 25.6. The number of hydrazone groups is 1. The molecular formula is C23H19N3O5. The number of ether oxygens (including phenoxy) is 1. The van der Waals surface area contributed by atoms with Crippen LogP contribution in [-0.4, -0.2) is 28.3 Å². The molecular weight excluding hydrogens is 398 g/mol. The molecule has 0 fully saturated rings. The molecule has 0 N–H and O–H groups in total. The molecule has 8 heteroatoms. The third-order valence-electron chi connectivity index (χ3n) is 5.33. The first-order chi connectivity index (χ1) is 15.1. The standard InChI is InChI=1S/C23H19N3O5/c1-29-16-10-8-15(9-11-16)17-13-19(20-7-4-12-30-20)26(24-17)22(27)14-25-18-5-2-3-6-21(18)31-23(25)28/h2-12,19H,13-14H2,1H3/t19-/m1/s1. The van der Waals surface area contributed by atoms with Crippen molar-refractivity contribution in [3.8, 4) is 5.75 Å². The number of hydrogen-bond donors (Lipinski definition) is 0. The molecule has 5 rings (SSSR count). The van der Waals surface area contributed by atoms with E-state index in [1.54, 1.807) is 43.7 Å². The van der Waals surface area contributed by atoms with Crippen LogP contribution in [0.4, 0.5) is 0 Å². The number of amides is 1. The fourth-order valence-electron chi connectivity index (χ4n) is 3.77. The predicted octanol–water partition coefficient (Wildman–Crippen LogP) is 3.57. The molecule has 0 radical (unpaired) electrons. The minimum Gasteiger partial charge on any atom is -0.497 e. The van der Waals surface area contributed by atoms with Gasteiger partial charge < -0.3 is 13.6 Å². The van der Waals surface area contributed by atoms with Gasteiger partial charge in [-0.3, -0.25) is 9.36 Å². The Hall–Kier alpha value is -4.07. The molecule has 0 spiro atoms. The number of carbonyl (C=O) groups excluding carboxylic acids is 1. The lowest BCUT2D eigenvalue weighted by molar-refractivity contribution is -0.134. The Balaban J connectivity index is 1.48. The van der Waals surface area contributed by atoms with Crippen LogP contribution in [-0.2, 0) is 11.3 Å². The highest BCUT2D eigenvalue weighted by atomic mass is 16.5. The van der Waals surface area contributed by atoms with Crippen molar-refractivity contribution in [1.29, 1.82) is 0 Å². The van der Waals surface area contributed by atoms with E-state index in [1.165, 1.54) is 9.58 Å². The number of methoxy groups -OCH3 is 1. The van der Waals surface area contributed by atoms with Crippen LogP contribution < -0.4 is 10.5 Å². The van der Waals surface area contributed by atoms with Crippen LogP contribution in [0.5, 0.6) is 5.75 Å². The lowest BCUT2D eigenvalue weighted by atomic mass is 10.0. The molecule has 4 aromatic rings. The number of rotatable bonds is 5. The van der Waals surface area contributed by atoms with E-state index in [-0.39, 0.29) is 12.5 Å².